The van der Waals surface area contributed by atoms with Gasteiger partial charge in [-0.3, -0.25) is 9.59 Å². The summed E-state index contributed by atoms with van der Waals surface area (Å²) >= 11 is 0. The first kappa shape index (κ1) is 21.2. The van der Waals surface area contributed by atoms with Crippen molar-refractivity contribution in [2.75, 3.05) is 26.4 Å². The summed E-state index contributed by atoms with van der Waals surface area (Å²) in [5, 5.41) is 16.6. The molecule has 0 amide bonds. The van der Waals surface area contributed by atoms with E-state index in [9.17, 15) is 9.59 Å². The van der Waals surface area contributed by atoms with Crippen LogP contribution in [0.4, 0.5) is 0 Å². The maximum Gasteiger partial charge on any atom is 0.308 e. The molecule has 0 aliphatic rings. The largest absolute Gasteiger partial charge is 0.466 e. The fraction of sp³-hybridized carbons (Fsp3) is 0.857. The van der Waals surface area contributed by atoms with Gasteiger partial charge in [0.2, 0.25) is 0 Å². The lowest BCUT2D eigenvalue weighted by Crippen LogP contribution is -2.07. The lowest BCUT2D eigenvalue weighted by Gasteiger charge is -2.00. The molecule has 120 valence electrons. The minimum atomic E-state index is -0.309. The number of hydrogen-bond donors (Lipinski definition) is 2. The van der Waals surface area contributed by atoms with E-state index in [1.807, 2.05) is 13.8 Å². The van der Waals surface area contributed by atoms with E-state index >= 15 is 0 Å². The van der Waals surface area contributed by atoms with E-state index in [1.165, 1.54) is 0 Å². The molecule has 0 spiro atoms. The molecule has 0 rings (SSSR count). The van der Waals surface area contributed by atoms with Gasteiger partial charge < -0.3 is 19.7 Å². The van der Waals surface area contributed by atoms with Crippen LogP contribution in [0.1, 0.15) is 52.4 Å². The summed E-state index contributed by atoms with van der Waals surface area (Å²) < 4.78 is 9.45. The van der Waals surface area contributed by atoms with Crippen LogP contribution >= 0.6 is 0 Å². The molecular formula is C14H28O6. The topological polar surface area (TPSA) is 93.1 Å². The molecule has 2 N–H and O–H groups in total. The highest BCUT2D eigenvalue weighted by atomic mass is 16.5. The SMILES string of the molecule is CCCCOC(=O)CCO.CCCCOC(=O)CCO. The van der Waals surface area contributed by atoms with Crippen LogP contribution in [0.25, 0.3) is 0 Å². The van der Waals surface area contributed by atoms with Crippen LogP contribution in [-0.4, -0.2) is 48.6 Å². The van der Waals surface area contributed by atoms with E-state index in [1.54, 1.807) is 0 Å². The fourth-order valence-corrected chi connectivity index (χ4v) is 0.988. The van der Waals surface area contributed by atoms with Crippen molar-refractivity contribution in [1.29, 1.82) is 0 Å². The Kier molecular flexibility index (Phi) is 18.9. The first-order chi connectivity index (χ1) is 9.62. The van der Waals surface area contributed by atoms with Gasteiger partial charge in [0.15, 0.2) is 0 Å². The van der Waals surface area contributed by atoms with Gasteiger partial charge in [0, 0.05) is 0 Å². The zero-order valence-electron chi connectivity index (χ0n) is 12.6. The molecule has 0 unspecified atom stereocenters. The molecule has 0 atom stereocenters. The number of ether oxygens (including phenoxy) is 2. The molecule has 6 heteroatoms. The van der Waals surface area contributed by atoms with Crippen molar-refractivity contribution in [3.8, 4) is 0 Å². The van der Waals surface area contributed by atoms with E-state index < -0.39 is 0 Å². The lowest BCUT2D eigenvalue weighted by atomic mass is 10.4. The predicted molar refractivity (Wildman–Crippen MR) is 75.1 cm³/mol. The first-order valence-corrected chi connectivity index (χ1v) is 7.15. The number of unbranched alkanes of at least 4 members (excludes halogenated alkanes) is 2. The third kappa shape index (κ3) is 19.2. The molecule has 20 heavy (non-hydrogen) atoms. The van der Waals surface area contributed by atoms with E-state index in [0.29, 0.717) is 13.2 Å². The molecule has 0 fully saturated rings. The second kappa shape index (κ2) is 17.9. The first-order valence-electron chi connectivity index (χ1n) is 7.15. The van der Waals surface area contributed by atoms with Gasteiger partial charge in [-0.25, -0.2) is 0 Å². The number of carbonyl (C=O) groups is 2. The van der Waals surface area contributed by atoms with Gasteiger partial charge in [-0.2, -0.15) is 0 Å². The minimum absolute atomic E-state index is 0.115. The quantitative estimate of drug-likeness (QED) is 0.467. The van der Waals surface area contributed by atoms with Gasteiger partial charge in [0.25, 0.3) is 0 Å². The minimum Gasteiger partial charge on any atom is -0.466 e. The van der Waals surface area contributed by atoms with Crippen molar-refractivity contribution in [3.05, 3.63) is 0 Å². The smallest absolute Gasteiger partial charge is 0.308 e. The summed E-state index contributed by atoms with van der Waals surface area (Å²) in [6.45, 7) is 4.78. The van der Waals surface area contributed by atoms with Crippen molar-refractivity contribution in [3.63, 3.8) is 0 Å². The zero-order valence-corrected chi connectivity index (χ0v) is 12.6. The van der Waals surface area contributed by atoms with Crippen molar-refractivity contribution < 1.29 is 29.3 Å². The normalized spacial score (nSPS) is 9.40. The molecule has 0 saturated carbocycles. The van der Waals surface area contributed by atoms with E-state index in [0.717, 1.165) is 25.7 Å². The molecular weight excluding hydrogens is 264 g/mol. The molecule has 0 aliphatic heterocycles. The van der Waals surface area contributed by atoms with Crippen LogP contribution in [0.15, 0.2) is 0 Å². The Morgan fingerprint density at radius 2 is 1.15 bits per heavy atom. The Hall–Kier alpha value is -1.14. The second-order valence-electron chi connectivity index (χ2n) is 4.10. The van der Waals surface area contributed by atoms with E-state index in [-0.39, 0.29) is 38.0 Å². The van der Waals surface area contributed by atoms with Crippen LogP contribution in [0.2, 0.25) is 0 Å². The second-order valence-corrected chi connectivity index (χ2v) is 4.10. The van der Waals surface area contributed by atoms with Gasteiger partial charge in [0.1, 0.15) is 0 Å². The molecule has 0 aromatic heterocycles. The van der Waals surface area contributed by atoms with Gasteiger partial charge >= 0.3 is 11.9 Å². The Balaban J connectivity index is 0. The highest BCUT2D eigenvalue weighted by molar-refractivity contribution is 5.69. The number of rotatable bonds is 10. The summed E-state index contributed by atoms with van der Waals surface area (Å²) in [4.78, 5) is 21.1. The average Bonchev–Trinajstić information content (AvgIpc) is 2.41. The Morgan fingerprint density at radius 1 is 0.800 bits per heavy atom. The van der Waals surface area contributed by atoms with E-state index in [4.69, 9.17) is 19.7 Å². The lowest BCUT2D eigenvalue weighted by molar-refractivity contribution is -0.145. The third-order valence-corrected chi connectivity index (χ3v) is 2.15. The van der Waals surface area contributed by atoms with Gasteiger partial charge in [-0.15, -0.1) is 0 Å². The number of carbonyl (C=O) groups excluding carboxylic acids is 2. The van der Waals surface area contributed by atoms with Crippen molar-refractivity contribution in [1.82, 2.24) is 0 Å². The maximum absolute atomic E-state index is 10.5. The molecule has 0 bridgehead atoms. The fourth-order valence-electron chi connectivity index (χ4n) is 0.988. The molecule has 0 saturated heterocycles. The van der Waals surface area contributed by atoms with E-state index in [2.05, 4.69) is 0 Å². The summed E-state index contributed by atoms with van der Waals surface area (Å²) in [6.07, 6.45) is 4.07. The van der Waals surface area contributed by atoms with Crippen LogP contribution in [-0.2, 0) is 19.1 Å². The highest BCUT2D eigenvalue weighted by Crippen LogP contribution is 1.91. The molecule has 0 heterocycles. The maximum atomic E-state index is 10.5. The van der Waals surface area contributed by atoms with Gasteiger partial charge in [0.05, 0.1) is 39.3 Å². The highest BCUT2D eigenvalue weighted by Gasteiger charge is 1.99. The Bertz CT molecular complexity index is 206. The number of hydrogen-bond acceptors (Lipinski definition) is 6. The molecule has 0 aliphatic carbocycles. The summed E-state index contributed by atoms with van der Waals surface area (Å²) in [5.41, 5.74) is 0. The Labute approximate surface area is 121 Å². The molecule has 0 aromatic rings. The molecule has 6 nitrogen and oxygen atoms in total. The van der Waals surface area contributed by atoms with Gasteiger partial charge in [-0.05, 0) is 12.8 Å². The number of aliphatic hydroxyl groups excluding tert-OH is 2. The average molecular weight is 292 g/mol. The summed E-state index contributed by atoms with van der Waals surface area (Å²) in [5.74, 6) is -0.619. The van der Waals surface area contributed by atoms with Crippen molar-refractivity contribution >= 4 is 11.9 Å². The molecule has 0 radical (unpaired) electrons. The van der Waals surface area contributed by atoms with Crippen LogP contribution in [0, 0.1) is 0 Å². The number of aliphatic hydroxyl groups is 2. The van der Waals surface area contributed by atoms with Crippen LogP contribution in [0.5, 0.6) is 0 Å². The number of esters is 2. The van der Waals surface area contributed by atoms with Crippen LogP contribution in [0.3, 0.4) is 0 Å². The monoisotopic (exact) mass is 292 g/mol. The summed E-state index contributed by atoms with van der Waals surface area (Å²) in [6, 6.07) is 0. The van der Waals surface area contributed by atoms with Crippen molar-refractivity contribution in [2.45, 2.75) is 52.4 Å². The zero-order chi connectivity index (χ0) is 15.6. The molecule has 0 aromatic carbocycles. The Morgan fingerprint density at radius 3 is 1.40 bits per heavy atom. The van der Waals surface area contributed by atoms with Gasteiger partial charge in [-0.1, -0.05) is 26.7 Å². The third-order valence-electron chi connectivity index (χ3n) is 2.15. The predicted octanol–water partition coefficient (Wildman–Crippen LogP) is 1.42. The standard InChI is InChI=1S/2C7H14O3/c2*1-2-3-6-10-7(9)4-5-8/h2*8H,2-6H2,1H3. The summed E-state index contributed by atoms with van der Waals surface area (Å²) in [7, 11) is 0. The van der Waals surface area contributed by atoms with Crippen LogP contribution < -0.4 is 0 Å². The van der Waals surface area contributed by atoms with Crippen molar-refractivity contribution in [2.24, 2.45) is 0 Å².